The number of alkyl halides is 3. The third-order valence-electron chi connectivity index (χ3n) is 4.21. The highest BCUT2D eigenvalue weighted by atomic mass is 35.5. The minimum atomic E-state index is -4.78. The first-order valence-electron chi connectivity index (χ1n) is 7.54. The summed E-state index contributed by atoms with van der Waals surface area (Å²) in [5, 5.41) is 3.74. The molecule has 0 radical (unpaired) electrons. The zero-order chi connectivity index (χ0) is 20.0. The fraction of sp³-hybridized carbons (Fsp3) is 0.235. The molecule has 1 aliphatic heterocycles. The SMILES string of the molecule is Cc1cc(C2=NOC(c3cc(Cl)cc(Cl)c3)(C(F)(F)F)C2)ccc1S(=O)O. The third kappa shape index (κ3) is 3.71. The van der Waals surface area contributed by atoms with Crippen LogP contribution >= 0.6 is 23.2 Å². The predicted octanol–water partition coefficient (Wildman–Crippen LogP) is 5.46. The Balaban J connectivity index is 2.02. The van der Waals surface area contributed by atoms with E-state index in [1.165, 1.54) is 24.3 Å². The minimum Gasteiger partial charge on any atom is -0.374 e. The highest BCUT2D eigenvalue weighted by molar-refractivity contribution is 7.79. The molecule has 0 saturated heterocycles. The highest BCUT2D eigenvalue weighted by Gasteiger charge is 2.62. The Bertz CT molecular complexity index is 945. The maximum atomic E-state index is 13.9. The number of halogens is 5. The normalized spacial score (nSPS) is 20.9. The van der Waals surface area contributed by atoms with Crippen LogP contribution in [-0.4, -0.2) is 20.6 Å². The van der Waals surface area contributed by atoms with E-state index in [9.17, 15) is 21.9 Å². The van der Waals surface area contributed by atoms with Gasteiger partial charge in [-0.25, -0.2) is 4.21 Å². The van der Waals surface area contributed by atoms with Gasteiger partial charge in [-0.2, -0.15) is 13.2 Å². The quantitative estimate of drug-likeness (QED) is 0.648. The smallest absolute Gasteiger partial charge is 0.374 e. The third-order valence-corrected chi connectivity index (χ3v) is 5.48. The Labute approximate surface area is 165 Å². The number of benzene rings is 2. The van der Waals surface area contributed by atoms with E-state index in [1.807, 2.05) is 0 Å². The molecule has 27 heavy (non-hydrogen) atoms. The summed E-state index contributed by atoms with van der Waals surface area (Å²) in [5.41, 5.74) is -2.10. The molecule has 1 aliphatic rings. The fourth-order valence-electron chi connectivity index (χ4n) is 2.87. The zero-order valence-electron chi connectivity index (χ0n) is 13.7. The number of hydrogen-bond acceptors (Lipinski definition) is 3. The van der Waals surface area contributed by atoms with E-state index >= 15 is 0 Å². The molecule has 2 unspecified atom stereocenters. The molecule has 10 heteroatoms. The Morgan fingerprint density at radius 1 is 1.19 bits per heavy atom. The first-order valence-corrected chi connectivity index (χ1v) is 9.40. The standard InChI is InChI=1S/C17H12Cl2F3NO3S/c1-9-4-10(2-3-15(9)27(24)25)14-8-16(26-23-14,17(20,21)22)11-5-12(18)7-13(19)6-11/h2-7H,8H2,1H3,(H,24,25). The zero-order valence-corrected chi connectivity index (χ0v) is 16.0. The van der Waals surface area contributed by atoms with E-state index in [1.54, 1.807) is 6.92 Å². The van der Waals surface area contributed by atoms with Crippen LogP contribution in [0, 0.1) is 6.92 Å². The van der Waals surface area contributed by atoms with Gasteiger partial charge in [0.15, 0.2) is 11.1 Å². The highest BCUT2D eigenvalue weighted by Crippen LogP contribution is 2.49. The number of aryl methyl sites for hydroxylation is 1. The molecule has 0 fully saturated rings. The van der Waals surface area contributed by atoms with Crippen molar-refractivity contribution in [3.05, 3.63) is 63.1 Å². The Morgan fingerprint density at radius 2 is 1.81 bits per heavy atom. The molecule has 0 bridgehead atoms. The Hall–Kier alpha value is -1.61. The number of oxime groups is 1. The van der Waals surface area contributed by atoms with Crippen molar-refractivity contribution in [2.75, 3.05) is 0 Å². The molecule has 2 aromatic carbocycles. The van der Waals surface area contributed by atoms with Crippen LogP contribution in [0.3, 0.4) is 0 Å². The van der Waals surface area contributed by atoms with Gasteiger partial charge in [-0.05, 0) is 48.4 Å². The summed E-state index contributed by atoms with van der Waals surface area (Å²) >= 11 is 9.53. The van der Waals surface area contributed by atoms with E-state index in [-0.39, 0.29) is 26.2 Å². The van der Waals surface area contributed by atoms with Crippen LogP contribution in [0.2, 0.25) is 10.0 Å². The number of rotatable bonds is 3. The van der Waals surface area contributed by atoms with Crippen molar-refractivity contribution < 1.29 is 26.8 Å². The molecule has 2 aromatic rings. The van der Waals surface area contributed by atoms with E-state index in [0.717, 1.165) is 12.1 Å². The average Bonchev–Trinajstić information content (AvgIpc) is 3.00. The maximum Gasteiger partial charge on any atom is 0.435 e. The van der Waals surface area contributed by atoms with Crippen LogP contribution in [0.25, 0.3) is 0 Å². The number of nitrogens with zero attached hydrogens (tertiary/aromatic N) is 1. The van der Waals surface area contributed by atoms with Crippen LogP contribution in [0.4, 0.5) is 13.2 Å². The van der Waals surface area contributed by atoms with Crippen molar-refractivity contribution in [2.45, 2.75) is 30.0 Å². The topological polar surface area (TPSA) is 58.9 Å². The first-order chi connectivity index (χ1) is 12.5. The molecule has 2 atom stereocenters. The summed E-state index contributed by atoms with van der Waals surface area (Å²) in [6.07, 6.45) is -5.37. The summed E-state index contributed by atoms with van der Waals surface area (Å²) in [6.45, 7) is 1.58. The average molecular weight is 438 g/mol. The van der Waals surface area contributed by atoms with Crippen molar-refractivity contribution in [1.82, 2.24) is 0 Å². The van der Waals surface area contributed by atoms with Crippen LogP contribution < -0.4 is 0 Å². The molecule has 0 aromatic heterocycles. The van der Waals surface area contributed by atoms with Gasteiger partial charge in [0.25, 0.3) is 5.60 Å². The van der Waals surface area contributed by atoms with Crippen molar-refractivity contribution in [2.24, 2.45) is 5.16 Å². The molecule has 0 aliphatic carbocycles. The van der Waals surface area contributed by atoms with Crippen LogP contribution in [0.15, 0.2) is 46.4 Å². The molecule has 0 saturated carbocycles. The Morgan fingerprint density at radius 3 is 2.33 bits per heavy atom. The van der Waals surface area contributed by atoms with Crippen molar-refractivity contribution in [3.63, 3.8) is 0 Å². The van der Waals surface area contributed by atoms with E-state index in [4.69, 9.17) is 28.0 Å². The second kappa shape index (κ2) is 7.09. The maximum absolute atomic E-state index is 13.9. The van der Waals surface area contributed by atoms with Gasteiger partial charge >= 0.3 is 6.18 Å². The van der Waals surface area contributed by atoms with Gasteiger partial charge in [0.1, 0.15) is 0 Å². The minimum absolute atomic E-state index is 0.0452. The van der Waals surface area contributed by atoms with Gasteiger partial charge in [0, 0.05) is 22.0 Å². The van der Waals surface area contributed by atoms with Crippen molar-refractivity contribution >= 4 is 40.0 Å². The molecule has 144 valence electrons. The second-order valence-corrected chi connectivity index (χ2v) is 7.83. The molecule has 1 heterocycles. The van der Waals surface area contributed by atoms with Gasteiger partial charge in [-0.1, -0.05) is 34.4 Å². The molecular formula is C17H12Cl2F3NO3S. The molecule has 4 nitrogen and oxygen atoms in total. The van der Waals surface area contributed by atoms with Gasteiger partial charge in [-0.15, -0.1) is 0 Å². The summed E-state index contributed by atoms with van der Waals surface area (Å²) < 4.78 is 62.3. The molecular weight excluding hydrogens is 426 g/mol. The largest absolute Gasteiger partial charge is 0.435 e. The number of hydrogen-bond donors (Lipinski definition) is 1. The lowest BCUT2D eigenvalue weighted by Crippen LogP contribution is -2.42. The van der Waals surface area contributed by atoms with Gasteiger partial charge in [0.05, 0.1) is 10.6 Å². The summed E-state index contributed by atoms with van der Waals surface area (Å²) in [4.78, 5) is 5.09. The van der Waals surface area contributed by atoms with E-state index in [2.05, 4.69) is 5.16 Å². The summed E-state index contributed by atoms with van der Waals surface area (Å²) in [7, 11) is 0. The van der Waals surface area contributed by atoms with Crippen LogP contribution in [0.5, 0.6) is 0 Å². The molecule has 0 amide bonds. The molecule has 0 spiro atoms. The fourth-order valence-corrected chi connectivity index (χ4v) is 3.92. The summed E-state index contributed by atoms with van der Waals surface area (Å²) in [6, 6.07) is 7.89. The van der Waals surface area contributed by atoms with Gasteiger partial charge in [0.2, 0.25) is 0 Å². The lowest BCUT2D eigenvalue weighted by atomic mass is 9.86. The van der Waals surface area contributed by atoms with Gasteiger partial charge in [-0.3, -0.25) is 0 Å². The lowest BCUT2D eigenvalue weighted by Gasteiger charge is -2.29. The van der Waals surface area contributed by atoms with E-state index in [0.29, 0.717) is 11.1 Å². The van der Waals surface area contributed by atoms with Crippen LogP contribution in [0.1, 0.15) is 23.1 Å². The van der Waals surface area contributed by atoms with E-state index < -0.39 is 29.3 Å². The summed E-state index contributed by atoms with van der Waals surface area (Å²) in [5.74, 6) is 0. The van der Waals surface area contributed by atoms with Crippen molar-refractivity contribution in [3.8, 4) is 0 Å². The second-order valence-electron chi connectivity index (χ2n) is 6.02. The van der Waals surface area contributed by atoms with Crippen molar-refractivity contribution in [1.29, 1.82) is 0 Å². The first kappa shape index (κ1) is 20.1. The monoisotopic (exact) mass is 437 g/mol. The van der Waals surface area contributed by atoms with Gasteiger partial charge < -0.3 is 9.39 Å². The van der Waals surface area contributed by atoms with Crippen LogP contribution in [-0.2, 0) is 21.5 Å². The lowest BCUT2D eigenvalue weighted by molar-refractivity contribution is -0.275. The molecule has 1 N–H and O–H groups in total. The molecule has 3 rings (SSSR count). The Kier molecular flexibility index (Phi) is 5.28. The predicted molar refractivity (Wildman–Crippen MR) is 96.7 cm³/mol.